The van der Waals surface area contributed by atoms with E-state index in [1.54, 1.807) is 24.3 Å². The Morgan fingerprint density at radius 3 is 2.71 bits per heavy atom. The molecule has 4 rings (SSSR count). The molecule has 1 heterocycles. The number of carbonyl (C=O) groups excluding carboxylic acids is 2. The number of benzene rings is 2. The second-order valence-electron chi connectivity index (χ2n) is 7.18. The number of hydrogen-bond acceptors (Lipinski definition) is 5. The summed E-state index contributed by atoms with van der Waals surface area (Å²) in [5.74, 6) is 0.948. The summed E-state index contributed by atoms with van der Waals surface area (Å²) in [6.07, 6.45) is 2.32. The second kappa shape index (κ2) is 7.90. The fourth-order valence-corrected chi connectivity index (χ4v) is 3.61. The van der Waals surface area contributed by atoms with E-state index in [2.05, 4.69) is 10.6 Å². The van der Waals surface area contributed by atoms with Gasteiger partial charge in [0.1, 0.15) is 0 Å². The Hall–Kier alpha value is -3.06. The molecule has 1 aliphatic heterocycles. The predicted octanol–water partition coefficient (Wildman–Crippen LogP) is 2.41. The summed E-state index contributed by atoms with van der Waals surface area (Å²) in [5, 5.41) is 5.78. The van der Waals surface area contributed by atoms with Gasteiger partial charge in [0.05, 0.1) is 11.3 Å². The molecule has 0 aromatic heterocycles. The van der Waals surface area contributed by atoms with E-state index in [-0.39, 0.29) is 30.6 Å². The topological polar surface area (TPSA) is 103 Å². The molecule has 7 nitrogen and oxygen atoms in total. The van der Waals surface area contributed by atoms with Crippen LogP contribution in [0.3, 0.4) is 0 Å². The van der Waals surface area contributed by atoms with Crippen molar-refractivity contribution in [2.75, 3.05) is 12.1 Å². The van der Waals surface area contributed by atoms with Crippen molar-refractivity contribution in [3.63, 3.8) is 0 Å². The van der Waals surface area contributed by atoms with Crippen LogP contribution in [0.2, 0.25) is 0 Å². The predicted molar refractivity (Wildman–Crippen MR) is 104 cm³/mol. The number of hydrogen-bond donors (Lipinski definition) is 3. The highest BCUT2D eigenvalue weighted by Gasteiger charge is 2.28. The minimum Gasteiger partial charge on any atom is -0.454 e. The first-order chi connectivity index (χ1) is 13.6. The van der Waals surface area contributed by atoms with Gasteiger partial charge in [-0.2, -0.15) is 0 Å². The Kier molecular flexibility index (Phi) is 5.16. The van der Waals surface area contributed by atoms with E-state index in [9.17, 15) is 9.59 Å². The number of fused-ring (bicyclic) bond motifs is 1. The van der Waals surface area contributed by atoms with E-state index < -0.39 is 0 Å². The van der Waals surface area contributed by atoms with Crippen LogP contribution in [0.15, 0.2) is 42.5 Å². The van der Waals surface area contributed by atoms with Gasteiger partial charge in [-0.05, 0) is 49.1 Å². The third-order valence-corrected chi connectivity index (χ3v) is 5.16. The van der Waals surface area contributed by atoms with Crippen molar-refractivity contribution in [1.29, 1.82) is 0 Å². The van der Waals surface area contributed by atoms with Crippen molar-refractivity contribution in [3.05, 3.63) is 53.6 Å². The number of para-hydroxylation sites is 1. The molecule has 0 radical (unpaired) electrons. The van der Waals surface area contributed by atoms with Crippen molar-refractivity contribution in [2.24, 2.45) is 11.7 Å². The molecule has 1 saturated carbocycles. The van der Waals surface area contributed by atoms with Crippen molar-refractivity contribution in [3.8, 4) is 11.5 Å². The van der Waals surface area contributed by atoms with Gasteiger partial charge >= 0.3 is 0 Å². The standard InChI is InChI=1S/C21H23N3O4/c22-15-7-6-14(10-15)20(25)24-17-4-2-1-3-16(17)21(26)23-11-13-5-8-18-19(9-13)28-12-27-18/h1-5,8-9,14-15H,6-7,10-12,22H2,(H,23,26)(H,24,25). The third-order valence-electron chi connectivity index (χ3n) is 5.16. The Balaban J connectivity index is 1.41. The first-order valence-electron chi connectivity index (χ1n) is 9.42. The van der Waals surface area contributed by atoms with Crippen LogP contribution in [-0.4, -0.2) is 24.6 Å². The molecule has 146 valence electrons. The molecule has 2 unspecified atom stereocenters. The minimum absolute atomic E-state index is 0.0796. The summed E-state index contributed by atoms with van der Waals surface area (Å²) >= 11 is 0. The fourth-order valence-electron chi connectivity index (χ4n) is 3.61. The van der Waals surface area contributed by atoms with Crippen molar-refractivity contribution >= 4 is 17.5 Å². The maximum atomic E-state index is 12.7. The summed E-state index contributed by atoms with van der Waals surface area (Å²) in [5.41, 5.74) is 7.74. The number of nitrogens with two attached hydrogens (primary N) is 1. The fraction of sp³-hybridized carbons (Fsp3) is 0.333. The number of rotatable bonds is 5. The van der Waals surface area contributed by atoms with Gasteiger partial charge in [0.2, 0.25) is 12.7 Å². The lowest BCUT2D eigenvalue weighted by Crippen LogP contribution is -2.27. The molecule has 7 heteroatoms. The molecule has 2 atom stereocenters. The van der Waals surface area contributed by atoms with Crippen LogP contribution in [0.25, 0.3) is 0 Å². The molecule has 1 aliphatic carbocycles. The highest BCUT2D eigenvalue weighted by atomic mass is 16.7. The highest BCUT2D eigenvalue weighted by Crippen LogP contribution is 2.32. The van der Waals surface area contributed by atoms with E-state index in [0.29, 0.717) is 35.7 Å². The Morgan fingerprint density at radius 2 is 1.89 bits per heavy atom. The molecule has 4 N–H and O–H groups in total. The van der Waals surface area contributed by atoms with Crippen LogP contribution < -0.4 is 25.8 Å². The van der Waals surface area contributed by atoms with Crippen LogP contribution in [0, 0.1) is 5.92 Å². The monoisotopic (exact) mass is 381 g/mol. The molecule has 1 fully saturated rings. The number of ether oxygens (including phenoxy) is 2. The van der Waals surface area contributed by atoms with Gasteiger partial charge in [-0.25, -0.2) is 0 Å². The van der Waals surface area contributed by atoms with Gasteiger partial charge in [0.15, 0.2) is 11.5 Å². The molecule has 2 amide bonds. The average Bonchev–Trinajstić information content (AvgIpc) is 3.35. The zero-order valence-electron chi connectivity index (χ0n) is 15.4. The lowest BCUT2D eigenvalue weighted by atomic mass is 10.1. The Bertz CT molecular complexity index is 899. The van der Waals surface area contributed by atoms with Gasteiger partial charge in [0, 0.05) is 18.5 Å². The first kappa shape index (κ1) is 18.3. The third kappa shape index (κ3) is 3.94. The van der Waals surface area contributed by atoms with Crippen molar-refractivity contribution in [1.82, 2.24) is 5.32 Å². The van der Waals surface area contributed by atoms with Gasteiger partial charge in [-0.15, -0.1) is 0 Å². The lowest BCUT2D eigenvalue weighted by molar-refractivity contribution is -0.119. The summed E-state index contributed by atoms with van der Waals surface area (Å²) in [6.45, 7) is 0.555. The largest absolute Gasteiger partial charge is 0.454 e. The van der Waals surface area contributed by atoms with Crippen molar-refractivity contribution < 1.29 is 19.1 Å². The molecule has 2 aromatic rings. The molecule has 2 aliphatic rings. The Morgan fingerprint density at radius 1 is 1.07 bits per heavy atom. The van der Waals surface area contributed by atoms with Gasteiger partial charge < -0.3 is 25.8 Å². The number of amides is 2. The second-order valence-corrected chi connectivity index (χ2v) is 7.18. The maximum absolute atomic E-state index is 12.7. The zero-order valence-corrected chi connectivity index (χ0v) is 15.4. The first-order valence-corrected chi connectivity index (χ1v) is 9.42. The lowest BCUT2D eigenvalue weighted by Gasteiger charge is -2.14. The SMILES string of the molecule is NC1CCC(C(=O)Nc2ccccc2C(=O)NCc2ccc3c(c2)OCO3)C1. The van der Waals surface area contributed by atoms with Crippen LogP contribution in [0.1, 0.15) is 35.2 Å². The number of carbonyl (C=O) groups is 2. The van der Waals surface area contributed by atoms with Crippen LogP contribution in [0.5, 0.6) is 11.5 Å². The molecular formula is C21H23N3O4. The number of nitrogens with one attached hydrogen (secondary N) is 2. The molecule has 0 saturated heterocycles. The normalized spacial score (nSPS) is 20.0. The summed E-state index contributed by atoms with van der Waals surface area (Å²) in [7, 11) is 0. The smallest absolute Gasteiger partial charge is 0.253 e. The van der Waals surface area contributed by atoms with Crippen LogP contribution in [0.4, 0.5) is 5.69 Å². The van der Waals surface area contributed by atoms with Crippen molar-refractivity contribution in [2.45, 2.75) is 31.8 Å². The van der Waals surface area contributed by atoms with Gasteiger partial charge in [0.25, 0.3) is 5.91 Å². The molecular weight excluding hydrogens is 358 g/mol. The summed E-state index contributed by atoms with van der Waals surface area (Å²) < 4.78 is 10.7. The molecule has 0 bridgehead atoms. The molecule has 0 spiro atoms. The number of anilines is 1. The van der Waals surface area contributed by atoms with E-state index in [1.807, 2.05) is 18.2 Å². The summed E-state index contributed by atoms with van der Waals surface area (Å²) in [4.78, 5) is 25.2. The maximum Gasteiger partial charge on any atom is 0.253 e. The average molecular weight is 381 g/mol. The molecule has 2 aromatic carbocycles. The molecule has 28 heavy (non-hydrogen) atoms. The quantitative estimate of drug-likeness (QED) is 0.738. The van der Waals surface area contributed by atoms with E-state index in [1.165, 1.54) is 0 Å². The summed E-state index contributed by atoms with van der Waals surface area (Å²) in [6, 6.07) is 12.6. The zero-order chi connectivity index (χ0) is 19.5. The van der Waals surface area contributed by atoms with E-state index >= 15 is 0 Å². The van der Waals surface area contributed by atoms with Crippen LogP contribution in [-0.2, 0) is 11.3 Å². The Labute approximate surface area is 163 Å². The van der Waals surface area contributed by atoms with Gasteiger partial charge in [-0.1, -0.05) is 18.2 Å². The van der Waals surface area contributed by atoms with Crippen LogP contribution >= 0.6 is 0 Å². The van der Waals surface area contributed by atoms with E-state index in [0.717, 1.165) is 18.4 Å². The van der Waals surface area contributed by atoms with E-state index in [4.69, 9.17) is 15.2 Å². The highest BCUT2D eigenvalue weighted by molar-refractivity contribution is 6.04. The minimum atomic E-state index is -0.253. The van der Waals surface area contributed by atoms with Gasteiger partial charge in [-0.3, -0.25) is 9.59 Å².